The van der Waals surface area contributed by atoms with E-state index in [-0.39, 0.29) is 29.4 Å². The van der Waals surface area contributed by atoms with E-state index >= 15 is 0 Å². The predicted molar refractivity (Wildman–Crippen MR) is 91.6 cm³/mol. The summed E-state index contributed by atoms with van der Waals surface area (Å²) in [5.74, 6) is -1.54. The summed E-state index contributed by atoms with van der Waals surface area (Å²) >= 11 is 0. The zero-order valence-electron chi connectivity index (χ0n) is 13.3. The summed E-state index contributed by atoms with van der Waals surface area (Å²) < 4.78 is 28.2. The molecule has 1 atom stereocenters. The second-order valence-electron chi connectivity index (χ2n) is 5.96. The molecular weight excluding hydrogens is 346 g/mol. The van der Waals surface area contributed by atoms with E-state index in [2.05, 4.69) is 5.32 Å². The van der Waals surface area contributed by atoms with Gasteiger partial charge < -0.3 is 15.2 Å². The molecule has 8 heteroatoms. The molecule has 7 nitrogen and oxygen atoms in total. The fraction of sp³-hybridized carbons (Fsp3) is 0.294. The molecule has 0 bridgehead atoms. The van der Waals surface area contributed by atoms with Crippen LogP contribution in [-0.2, 0) is 14.6 Å². The largest absolute Gasteiger partial charge is 0.483 e. The maximum Gasteiger partial charge on any atom is 0.339 e. The van der Waals surface area contributed by atoms with Crippen molar-refractivity contribution < 1.29 is 27.9 Å². The molecule has 1 heterocycles. The molecule has 1 aliphatic rings. The Balaban J connectivity index is 1.71. The number of amides is 1. The topological polar surface area (TPSA) is 110 Å². The van der Waals surface area contributed by atoms with Crippen LogP contribution in [-0.4, -0.2) is 49.6 Å². The van der Waals surface area contributed by atoms with Gasteiger partial charge in [0.15, 0.2) is 16.4 Å². The van der Waals surface area contributed by atoms with Gasteiger partial charge >= 0.3 is 5.97 Å². The number of benzene rings is 2. The van der Waals surface area contributed by atoms with Gasteiger partial charge in [0.25, 0.3) is 5.91 Å². The summed E-state index contributed by atoms with van der Waals surface area (Å²) in [6.07, 6.45) is 0.379. The summed E-state index contributed by atoms with van der Waals surface area (Å²) in [5, 5.41) is 13.5. The van der Waals surface area contributed by atoms with Gasteiger partial charge in [-0.25, -0.2) is 13.2 Å². The van der Waals surface area contributed by atoms with E-state index in [1.165, 1.54) is 6.07 Å². The van der Waals surface area contributed by atoms with Crippen molar-refractivity contribution in [3.8, 4) is 5.75 Å². The van der Waals surface area contributed by atoms with Crippen LogP contribution in [0.15, 0.2) is 36.4 Å². The number of ether oxygens (including phenoxy) is 1. The van der Waals surface area contributed by atoms with Gasteiger partial charge in [-0.05, 0) is 29.3 Å². The molecular formula is C17H17NO6S. The number of fused-ring (bicyclic) bond motifs is 1. The number of rotatable bonds is 5. The third-order valence-electron chi connectivity index (χ3n) is 4.03. The van der Waals surface area contributed by atoms with Gasteiger partial charge in [0.05, 0.1) is 11.5 Å². The van der Waals surface area contributed by atoms with Gasteiger partial charge in [-0.3, -0.25) is 4.79 Å². The highest BCUT2D eigenvalue weighted by molar-refractivity contribution is 7.91. The van der Waals surface area contributed by atoms with E-state index in [0.29, 0.717) is 6.42 Å². The third-order valence-corrected chi connectivity index (χ3v) is 5.80. The average molecular weight is 363 g/mol. The van der Waals surface area contributed by atoms with E-state index < -0.39 is 27.8 Å². The number of hydrogen-bond acceptors (Lipinski definition) is 5. The Hall–Kier alpha value is -2.61. The molecule has 2 aromatic rings. The van der Waals surface area contributed by atoms with Crippen LogP contribution in [0, 0.1) is 0 Å². The van der Waals surface area contributed by atoms with E-state index in [4.69, 9.17) is 4.74 Å². The molecule has 3 rings (SSSR count). The van der Waals surface area contributed by atoms with Crippen LogP contribution >= 0.6 is 0 Å². The van der Waals surface area contributed by atoms with Gasteiger partial charge in [-0.15, -0.1) is 0 Å². The Morgan fingerprint density at radius 2 is 1.88 bits per heavy atom. The van der Waals surface area contributed by atoms with E-state index in [0.717, 1.165) is 10.8 Å². The molecule has 0 unspecified atom stereocenters. The minimum absolute atomic E-state index is 0.0325. The number of nitrogens with one attached hydrogen (secondary N) is 1. The van der Waals surface area contributed by atoms with Crippen molar-refractivity contribution in [2.75, 3.05) is 18.1 Å². The van der Waals surface area contributed by atoms with Gasteiger partial charge in [0, 0.05) is 6.04 Å². The normalized spacial score (nSPS) is 18.8. The number of carbonyl (C=O) groups is 2. The molecule has 2 aromatic carbocycles. The monoisotopic (exact) mass is 363 g/mol. The van der Waals surface area contributed by atoms with Crippen molar-refractivity contribution in [2.45, 2.75) is 12.5 Å². The van der Waals surface area contributed by atoms with Gasteiger partial charge in [-0.2, -0.15) is 0 Å². The number of hydrogen-bond donors (Lipinski definition) is 2. The molecule has 0 radical (unpaired) electrons. The van der Waals surface area contributed by atoms with Crippen LogP contribution < -0.4 is 10.1 Å². The molecule has 2 N–H and O–H groups in total. The first-order valence-corrected chi connectivity index (χ1v) is 9.55. The maximum absolute atomic E-state index is 11.9. The summed E-state index contributed by atoms with van der Waals surface area (Å²) in [5.41, 5.74) is -0.0325. The summed E-state index contributed by atoms with van der Waals surface area (Å²) in [4.78, 5) is 23.4. The highest BCUT2D eigenvalue weighted by atomic mass is 32.2. The maximum atomic E-state index is 11.9. The van der Waals surface area contributed by atoms with Crippen LogP contribution in [0.4, 0.5) is 0 Å². The second kappa shape index (κ2) is 6.72. The van der Waals surface area contributed by atoms with Crippen LogP contribution in [0.5, 0.6) is 5.75 Å². The number of carboxylic acids is 1. The minimum atomic E-state index is -3.08. The van der Waals surface area contributed by atoms with Crippen LogP contribution in [0.2, 0.25) is 0 Å². The van der Waals surface area contributed by atoms with Crippen LogP contribution in [0.25, 0.3) is 10.8 Å². The Labute approximate surface area is 144 Å². The summed E-state index contributed by atoms with van der Waals surface area (Å²) in [6, 6.07) is 9.88. The Morgan fingerprint density at radius 3 is 2.48 bits per heavy atom. The zero-order valence-corrected chi connectivity index (χ0v) is 14.1. The first-order valence-electron chi connectivity index (χ1n) is 7.73. The SMILES string of the molecule is O=C(COc1cc2ccccc2cc1C(=O)O)N[C@@H]1CCS(=O)(=O)C1. The first kappa shape index (κ1) is 17.2. The first-order chi connectivity index (χ1) is 11.8. The van der Waals surface area contributed by atoms with Crippen molar-refractivity contribution in [3.63, 3.8) is 0 Å². The highest BCUT2D eigenvalue weighted by Crippen LogP contribution is 2.26. The highest BCUT2D eigenvalue weighted by Gasteiger charge is 2.29. The van der Waals surface area contributed by atoms with Crippen molar-refractivity contribution in [1.29, 1.82) is 0 Å². The van der Waals surface area contributed by atoms with Crippen molar-refractivity contribution in [3.05, 3.63) is 42.0 Å². The van der Waals surface area contributed by atoms with Gasteiger partial charge in [0.1, 0.15) is 11.3 Å². The molecule has 0 saturated carbocycles. The fourth-order valence-corrected chi connectivity index (χ4v) is 4.50. The number of carbonyl (C=O) groups excluding carboxylic acids is 1. The predicted octanol–water partition coefficient (Wildman–Crippen LogP) is 1.22. The number of carboxylic acid groups (broad SMARTS) is 1. The summed E-state index contributed by atoms with van der Waals surface area (Å²) in [7, 11) is -3.08. The molecule has 0 spiro atoms. The average Bonchev–Trinajstić information content (AvgIpc) is 2.90. The lowest BCUT2D eigenvalue weighted by molar-refractivity contribution is -0.123. The zero-order chi connectivity index (χ0) is 18.0. The van der Waals surface area contributed by atoms with E-state index in [1.807, 2.05) is 12.1 Å². The number of sulfone groups is 1. The van der Waals surface area contributed by atoms with Gasteiger partial charge in [0.2, 0.25) is 0 Å². The van der Waals surface area contributed by atoms with Crippen LogP contribution in [0.3, 0.4) is 0 Å². The number of aromatic carboxylic acids is 1. The lowest BCUT2D eigenvalue weighted by atomic mass is 10.1. The van der Waals surface area contributed by atoms with Crippen molar-refractivity contribution in [2.24, 2.45) is 0 Å². The lowest BCUT2D eigenvalue weighted by Crippen LogP contribution is -2.38. The van der Waals surface area contributed by atoms with Crippen molar-refractivity contribution >= 4 is 32.5 Å². The smallest absolute Gasteiger partial charge is 0.339 e. The third kappa shape index (κ3) is 4.08. The lowest BCUT2D eigenvalue weighted by Gasteiger charge is -2.13. The Morgan fingerprint density at radius 1 is 1.20 bits per heavy atom. The molecule has 0 aromatic heterocycles. The second-order valence-corrected chi connectivity index (χ2v) is 8.19. The molecule has 1 amide bonds. The quantitative estimate of drug-likeness (QED) is 0.827. The molecule has 0 aliphatic carbocycles. The van der Waals surface area contributed by atoms with Crippen LogP contribution in [0.1, 0.15) is 16.8 Å². The molecule has 1 aliphatic heterocycles. The van der Waals surface area contributed by atoms with Gasteiger partial charge in [-0.1, -0.05) is 24.3 Å². The Bertz CT molecular complexity index is 937. The standard InChI is InChI=1S/C17H17NO6S/c19-16(18-13-5-6-25(22,23)10-13)9-24-15-8-12-4-2-1-3-11(12)7-14(15)17(20)21/h1-4,7-8,13H,5-6,9-10H2,(H,18,19)(H,20,21)/t13-/m1/s1. The fourth-order valence-electron chi connectivity index (χ4n) is 2.83. The molecule has 1 fully saturated rings. The molecule has 1 saturated heterocycles. The molecule has 132 valence electrons. The van der Waals surface area contributed by atoms with Crippen molar-refractivity contribution in [1.82, 2.24) is 5.32 Å². The Kier molecular flexibility index (Phi) is 4.63. The minimum Gasteiger partial charge on any atom is -0.483 e. The molecule has 25 heavy (non-hydrogen) atoms. The summed E-state index contributed by atoms with van der Waals surface area (Å²) in [6.45, 7) is -0.380. The van der Waals surface area contributed by atoms with E-state index in [1.54, 1.807) is 18.2 Å². The van der Waals surface area contributed by atoms with E-state index in [9.17, 15) is 23.1 Å².